The number of hydrogen-bond acceptors (Lipinski definition) is 5. The van der Waals surface area contributed by atoms with Gasteiger partial charge in [-0.2, -0.15) is 0 Å². The molecule has 2 N–H and O–H groups in total. The van der Waals surface area contributed by atoms with Gasteiger partial charge < -0.3 is 15.4 Å². The number of hydrogen-bond donors (Lipinski definition) is 2. The number of nitrogens with one attached hydrogen (secondary N) is 2. The topological polar surface area (TPSA) is 105 Å². The first-order valence-corrected chi connectivity index (χ1v) is 10.1. The molecule has 2 aromatic rings. The van der Waals surface area contributed by atoms with E-state index < -0.39 is 29.9 Å². The number of anilines is 1. The molecule has 1 aliphatic rings. The predicted molar refractivity (Wildman–Crippen MR) is 114 cm³/mol. The van der Waals surface area contributed by atoms with E-state index in [9.17, 15) is 19.2 Å². The Hall–Kier alpha value is -3.68. The Balaban J connectivity index is 1.51. The molecule has 1 saturated heterocycles. The van der Waals surface area contributed by atoms with Crippen molar-refractivity contribution in [1.82, 2.24) is 10.2 Å². The Labute approximate surface area is 180 Å². The fraction of sp³-hybridized carbons (Fsp3) is 0.304. The summed E-state index contributed by atoms with van der Waals surface area (Å²) in [4.78, 5) is 50.0. The summed E-state index contributed by atoms with van der Waals surface area (Å²) >= 11 is 0. The smallest absolute Gasteiger partial charge is 0.338 e. The number of carbonyl (C=O) groups excluding carboxylic acids is 4. The van der Waals surface area contributed by atoms with Gasteiger partial charge in [-0.15, -0.1) is 0 Å². The zero-order valence-electron chi connectivity index (χ0n) is 17.5. The third-order valence-corrected chi connectivity index (χ3v) is 4.71. The Morgan fingerprint density at radius 1 is 1.06 bits per heavy atom. The lowest BCUT2D eigenvalue weighted by Gasteiger charge is -2.13. The number of nitrogens with zero attached hydrogens (tertiary/aromatic N) is 1. The molecule has 0 aromatic heterocycles. The maximum Gasteiger partial charge on any atom is 0.338 e. The minimum atomic E-state index is -0.899. The first-order chi connectivity index (χ1) is 14.8. The van der Waals surface area contributed by atoms with Gasteiger partial charge in [0.2, 0.25) is 5.91 Å². The van der Waals surface area contributed by atoms with E-state index in [1.807, 2.05) is 30.3 Å². The van der Waals surface area contributed by atoms with Gasteiger partial charge in [0, 0.05) is 12.2 Å². The molecule has 0 bridgehead atoms. The van der Waals surface area contributed by atoms with E-state index >= 15 is 0 Å². The number of esters is 1. The van der Waals surface area contributed by atoms with Gasteiger partial charge in [-0.05, 0) is 50.1 Å². The maximum atomic E-state index is 12.5. The molecule has 8 nitrogen and oxygen atoms in total. The van der Waals surface area contributed by atoms with Crippen molar-refractivity contribution >= 4 is 29.5 Å². The van der Waals surface area contributed by atoms with Crippen LogP contribution >= 0.6 is 0 Å². The normalized spacial score (nSPS) is 15.7. The average molecular weight is 423 g/mol. The number of imide groups is 1. The lowest BCUT2D eigenvalue weighted by Crippen LogP contribution is -2.34. The van der Waals surface area contributed by atoms with Crippen LogP contribution in [0.3, 0.4) is 0 Å². The van der Waals surface area contributed by atoms with E-state index in [0.717, 1.165) is 10.5 Å². The zero-order valence-corrected chi connectivity index (χ0v) is 17.5. The molecule has 0 aliphatic carbocycles. The average Bonchev–Trinajstić information content (AvgIpc) is 2.99. The molecule has 1 fully saturated rings. The van der Waals surface area contributed by atoms with Gasteiger partial charge >= 0.3 is 12.0 Å². The SMILES string of the molecule is CC(C)OC(=O)c1ccc(NC(=O)C[C@@H]2NC(=O)N(CCc3ccccc3)C2=O)cc1. The highest BCUT2D eigenvalue weighted by molar-refractivity contribution is 6.07. The summed E-state index contributed by atoms with van der Waals surface area (Å²) in [7, 11) is 0. The van der Waals surface area contributed by atoms with Gasteiger partial charge in [0.25, 0.3) is 5.91 Å². The summed E-state index contributed by atoms with van der Waals surface area (Å²) in [5, 5.41) is 5.24. The number of rotatable bonds is 8. The lowest BCUT2D eigenvalue weighted by molar-refractivity contribution is -0.129. The Bertz CT molecular complexity index is 957. The van der Waals surface area contributed by atoms with E-state index in [1.165, 1.54) is 0 Å². The van der Waals surface area contributed by atoms with Crippen LogP contribution in [0, 0.1) is 0 Å². The molecule has 1 aliphatic heterocycles. The van der Waals surface area contributed by atoms with Crippen LogP contribution in [-0.4, -0.2) is 47.4 Å². The Morgan fingerprint density at radius 2 is 1.74 bits per heavy atom. The van der Waals surface area contributed by atoms with Crippen molar-refractivity contribution in [1.29, 1.82) is 0 Å². The molecular formula is C23H25N3O5. The monoisotopic (exact) mass is 423 g/mol. The molecule has 1 heterocycles. The van der Waals surface area contributed by atoms with Gasteiger partial charge in [0.15, 0.2) is 0 Å². The summed E-state index contributed by atoms with van der Waals surface area (Å²) in [6.45, 7) is 3.78. The molecule has 3 rings (SSSR count). The number of benzene rings is 2. The highest BCUT2D eigenvalue weighted by Crippen LogP contribution is 2.15. The molecule has 0 saturated carbocycles. The van der Waals surface area contributed by atoms with Crippen molar-refractivity contribution < 1.29 is 23.9 Å². The van der Waals surface area contributed by atoms with Crippen molar-refractivity contribution in [2.45, 2.75) is 38.8 Å². The summed E-state index contributed by atoms with van der Waals surface area (Å²) in [5.41, 5.74) is 1.87. The standard InChI is InChI=1S/C23H25N3O5/c1-15(2)31-22(29)17-8-10-18(11-9-17)24-20(27)14-19-21(28)26(23(30)25-19)13-12-16-6-4-3-5-7-16/h3-11,15,19H,12-14H2,1-2H3,(H,24,27)(H,25,30)/t19-/m0/s1. The third-order valence-electron chi connectivity index (χ3n) is 4.71. The Kier molecular flexibility index (Phi) is 7.02. The molecule has 1 atom stereocenters. The summed E-state index contributed by atoms with van der Waals surface area (Å²) < 4.78 is 5.12. The van der Waals surface area contributed by atoms with Crippen LogP contribution in [0.1, 0.15) is 36.2 Å². The fourth-order valence-corrected chi connectivity index (χ4v) is 3.18. The van der Waals surface area contributed by atoms with Gasteiger partial charge in [-0.25, -0.2) is 9.59 Å². The van der Waals surface area contributed by atoms with Crippen molar-refractivity contribution in [3.63, 3.8) is 0 Å². The summed E-state index contributed by atoms with van der Waals surface area (Å²) in [5.74, 6) is -1.27. The molecule has 4 amide bonds. The van der Waals surface area contributed by atoms with E-state index in [1.54, 1.807) is 38.1 Å². The lowest BCUT2D eigenvalue weighted by atomic mass is 10.1. The van der Waals surface area contributed by atoms with Crippen LogP contribution in [0.15, 0.2) is 54.6 Å². The van der Waals surface area contributed by atoms with Crippen LogP contribution in [0.5, 0.6) is 0 Å². The van der Waals surface area contributed by atoms with Crippen LogP contribution in [0.4, 0.5) is 10.5 Å². The highest BCUT2D eigenvalue weighted by atomic mass is 16.5. The van der Waals surface area contributed by atoms with Gasteiger partial charge in [0.05, 0.1) is 18.1 Å². The van der Waals surface area contributed by atoms with Crippen LogP contribution in [0.25, 0.3) is 0 Å². The van der Waals surface area contributed by atoms with E-state index in [2.05, 4.69) is 10.6 Å². The molecule has 0 spiro atoms. The summed E-state index contributed by atoms with van der Waals surface area (Å²) in [6.07, 6.45) is 0.145. The first kappa shape index (κ1) is 22.0. The van der Waals surface area contributed by atoms with E-state index in [-0.39, 0.29) is 19.1 Å². The maximum absolute atomic E-state index is 12.5. The van der Waals surface area contributed by atoms with Gasteiger partial charge in [-0.1, -0.05) is 30.3 Å². The van der Waals surface area contributed by atoms with Crippen molar-refractivity contribution in [3.8, 4) is 0 Å². The van der Waals surface area contributed by atoms with Crippen molar-refractivity contribution in [2.75, 3.05) is 11.9 Å². The molecule has 0 radical (unpaired) electrons. The first-order valence-electron chi connectivity index (χ1n) is 10.1. The minimum Gasteiger partial charge on any atom is -0.459 e. The minimum absolute atomic E-state index is 0.177. The third kappa shape index (κ3) is 5.91. The zero-order chi connectivity index (χ0) is 22.4. The number of urea groups is 1. The second-order valence-corrected chi connectivity index (χ2v) is 7.51. The van der Waals surface area contributed by atoms with Gasteiger partial charge in [0.1, 0.15) is 6.04 Å². The van der Waals surface area contributed by atoms with Crippen LogP contribution in [-0.2, 0) is 20.7 Å². The molecule has 8 heteroatoms. The van der Waals surface area contributed by atoms with Crippen molar-refractivity contribution in [2.24, 2.45) is 0 Å². The van der Waals surface area contributed by atoms with Crippen molar-refractivity contribution in [3.05, 3.63) is 65.7 Å². The number of amides is 4. The summed E-state index contributed by atoms with van der Waals surface area (Å²) in [6, 6.07) is 14.4. The second-order valence-electron chi connectivity index (χ2n) is 7.51. The van der Waals surface area contributed by atoms with Crippen LogP contribution in [0.2, 0.25) is 0 Å². The second kappa shape index (κ2) is 9.88. The fourth-order valence-electron chi connectivity index (χ4n) is 3.18. The van der Waals surface area contributed by atoms with E-state index in [0.29, 0.717) is 17.7 Å². The van der Waals surface area contributed by atoms with Gasteiger partial charge in [-0.3, -0.25) is 14.5 Å². The number of ether oxygens (including phenoxy) is 1. The quantitative estimate of drug-likeness (QED) is 0.502. The largest absolute Gasteiger partial charge is 0.459 e. The van der Waals surface area contributed by atoms with E-state index in [4.69, 9.17) is 4.74 Å². The molecule has 162 valence electrons. The molecule has 31 heavy (non-hydrogen) atoms. The van der Waals surface area contributed by atoms with Crippen LogP contribution < -0.4 is 10.6 Å². The predicted octanol–water partition coefficient (Wildman–Crippen LogP) is 2.74. The molecule has 0 unspecified atom stereocenters. The number of carbonyl (C=O) groups is 4. The Morgan fingerprint density at radius 3 is 2.39 bits per heavy atom. The molecule has 2 aromatic carbocycles. The molecular weight excluding hydrogens is 398 g/mol. The highest BCUT2D eigenvalue weighted by Gasteiger charge is 2.38.